The summed E-state index contributed by atoms with van der Waals surface area (Å²) in [4.78, 5) is 0. The number of ether oxygens (including phenoxy) is 1. The molecule has 1 heterocycles. The van der Waals surface area contributed by atoms with Crippen LogP contribution < -0.4 is 10.5 Å². The van der Waals surface area contributed by atoms with E-state index < -0.39 is 7.12 Å². The molecular formula is C16H24BNO3. The summed E-state index contributed by atoms with van der Waals surface area (Å²) in [6.07, 6.45) is 1.99. The highest BCUT2D eigenvalue weighted by Crippen LogP contribution is 2.38. The predicted molar refractivity (Wildman–Crippen MR) is 86.1 cm³/mol. The third kappa shape index (κ3) is 3.15. The first kappa shape index (κ1) is 16.1. The fourth-order valence-electron chi connectivity index (χ4n) is 2.20. The number of hydrogen-bond acceptors (Lipinski definition) is 4. The normalized spacial score (nSPS) is 20.7. The van der Waals surface area contributed by atoms with Crippen molar-refractivity contribution >= 4 is 13.2 Å². The minimum Gasteiger partial charge on any atom is -0.496 e. The lowest BCUT2D eigenvalue weighted by molar-refractivity contribution is 0.00578. The van der Waals surface area contributed by atoms with Crippen molar-refractivity contribution in [1.82, 2.24) is 0 Å². The minimum absolute atomic E-state index is 0.368. The van der Waals surface area contributed by atoms with Gasteiger partial charge in [0, 0.05) is 12.1 Å². The van der Waals surface area contributed by atoms with Gasteiger partial charge in [0.15, 0.2) is 0 Å². The van der Waals surface area contributed by atoms with Crippen molar-refractivity contribution in [3.8, 4) is 5.75 Å². The second-order valence-electron chi connectivity index (χ2n) is 6.25. The maximum Gasteiger partial charge on any atom is 0.491 e. The summed E-state index contributed by atoms with van der Waals surface area (Å²) in [5, 5.41) is 0. The van der Waals surface area contributed by atoms with Crippen LogP contribution in [0.3, 0.4) is 0 Å². The molecule has 0 radical (unpaired) electrons. The summed E-state index contributed by atoms with van der Waals surface area (Å²) in [5.41, 5.74) is 7.03. The molecule has 1 fully saturated rings. The molecule has 2 N–H and O–H groups in total. The fraction of sp³-hybridized carbons (Fsp3) is 0.500. The van der Waals surface area contributed by atoms with E-state index in [1.54, 1.807) is 7.11 Å². The predicted octanol–water partition coefficient (Wildman–Crippen LogP) is 2.67. The Labute approximate surface area is 127 Å². The van der Waals surface area contributed by atoms with Gasteiger partial charge in [-0.2, -0.15) is 0 Å². The van der Waals surface area contributed by atoms with Crippen LogP contribution in [0.1, 0.15) is 33.3 Å². The van der Waals surface area contributed by atoms with Crippen LogP contribution in [0.2, 0.25) is 0 Å². The van der Waals surface area contributed by atoms with Crippen LogP contribution in [0.25, 0.3) is 6.08 Å². The first-order valence-electron chi connectivity index (χ1n) is 7.20. The molecule has 0 bridgehead atoms. The third-order valence-corrected chi connectivity index (χ3v) is 4.27. The summed E-state index contributed by atoms with van der Waals surface area (Å²) in [5.74, 6) is 0.806. The smallest absolute Gasteiger partial charge is 0.491 e. The van der Waals surface area contributed by atoms with Crippen LogP contribution in [0.15, 0.2) is 29.7 Å². The Kier molecular flexibility index (Phi) is 4.47. The van der Waals surface area contributed by atoms with Gasteiger partial charge in [-0.1, -0.05) is 24.3 Å². The van der Waals surface area contributed by atoms with Crippen molar-refractivity contribution in [3.05, 3.63) is 35.3 Å². The molecule has 114 valence electrons. The van der Waals surface area contributed by atoms with Gasteiger partial charge in [-0.15, -0.1) is 0 Å². The topological polar surface area (TPSA) is 53.7 Å². The number of nitrogens with two attached hydrogens (primary N) is 1. The fourth-order valence-corrected chi connectivity index (χ4v) is 2.20. The Morgan fingerprint density at radius 2 is 1.76 bits per heavy atom. The maximum absolute atomic E-state index is 6.05. The Morgan fingerprint density at radius 3 is 2.29 bits per heavy atom. The van der Waals surface area contributed by atoms with E-state index >= 15 is 0 Å². The van der Waals surface area contributed by atoms with E-state index in [9.17, 15) is 0 Å². The molecule has 4 nitrogen and oxygen atoms in total. The van der Waals surface area contributed by atoms with Gasteiger partial charge < -0.3 is 19.8 Å². The maximum atomic E-state index is 6.05. The first-order valence-corrected chi connectivity index (χ1v) is 7.20. The van der Waals surface area contributed by atoms with Crippen LogP contribution in [-0.4, -0.2) is 32.0 Å². The molecule has 0 aromatic heterocycles. The molecule has 0 saturated carbocycles. The Hall–Kier alpha value is -1.30. The lowest BCUT2D eigenvalue weighted by atomic mass is 9.77. The van der Waals surface area contributed by atoms with Crippen LogP contribution in [-0.2, 0) is 9.31 Å². The lowest BCUT2D eigenvalue weighted by Crippen LogP contribution is -2.41. The average molecular weight is 289 g/mol. The molecule has 0 atom stereocenters. The third-order valence-electron chi connectivity index (χ3n) is 4.27. The van der Waals surface area contributed by atoms with Crippen molar-refractivity contribution in [3.63, 3.8) is 0 Å². The molecule has 1 aromatic carbocycles. The molecule has 0 unspecified atom stereocenters. The van der Waals surface area contributed by atoms with E-state index in [0.29, 0.717) is 6.54 Å². The zero-order chi connectivity index (χ0) is 15.7. The standard InChI is InChI=1S/C16H24BNO3/c1-15(2)16(3,4)21-17(20-15)13(11-18)10-12-8-6-7-9-14(12)19-5/h6-10H,11,18H2,1-5H3. The molecule has 0 spiro atoms. The number of rotatable bonds is 4. The van der Waals surface area contributed by atoms with E-state index in [0.717, 1.165) is 16.8 Å². The highest BCUT2D eigenvalue weighted by molar-refractivity contribution is 6.55. The molecule has 2 rings (SSSR count). The Bertz CT molecular complexity index is 524. The first-order chi connectivity index (χ1) is 9.80. The van der Waals surface area contributed by atoms with E-state index in [1.807, 2.05) is 58.0 Å². The highest BCUT2D eigenvalue weighted by Gasteiger charge is 2.52. The number of hydrogen-bond donors (Lipinski definition) is 1. The van der Waals surface area contributed by atoms with E-state index in [1.165, 1.54) is 0 Å². The summed E-state index contributed by atoms with van der Waals surface area (Å²) < 4.78 is 17.5. The van der Waals surface area contributed by atoms with Crippen LogP contribution in [0.5, 0.6) is 5.75 Å². The molecular weight excluding hydrogens is 265 g/mol. The minimum atomic E-state index is -0.426. The molecule has 21 heavy (non-hydrogen) atoms. The second-order valence-corrected chi connectivity index (χ2v) is 6.25. The molecule has 1 aliphatic rings. The second kappa shape index (κ2) is 5.83. The van der Waals surface area contributed by atoms with Crippen molar-refractivity contribution in [2.75, 3.05) is 13.7 Å². The van der Waals surface area contributed by atoms with Crippen molar-refractivity contribution in [2.24, 2.45) is 5.73 Å². The SMILES string of the molecule is COc1ccccc1C=C(CN)B1OC(C)(C)C(C)(C)O1. The van der Waals surface area contributed by atoms with Gasteiger partial charge in [0.1, 0.15) is 5.75 Å². The number of methoxy groups -OCH3 is 1. The highest BCUT2D eigenvalue weighted by atomic mass is 16.7. The number of para-hydroxylation sites is 1. The van der Waals surface area contributed by atoms with Crippen molar-refractivity contribution in [2.45, 2.75) is 38.9 Å². The van der Waals surface area contributed by atoms with E-state index in [4.69, 9.17) is 19.8 Å². The monoisotopic (exact) mass is 289 g/mol. The molecule has 0 amide bonds. The van der Waals surface area contributed by atoms with E-state index in [2.05, 4.69) is 0 Å². The van der Waals surface area contributed by atoms with Crippen LogP contribution >= 0.6 is 0 Å². The van der Waals surface area contributed by atoms with Gasteiger partial charge in [0.05, 0.1) is 18.3 Å². The average Bonchev–Trinajstić information content (AvgIpc) is 2.65. The van der Waals surface area contributed by atoms with Gasteiger partial charge in [-0.3, -0.25) is 0 Å². The van der Waals surface area contributed by atoms with Crippen LogP contribution in [0.4, 0.5) is 0 Å². The zero-order valence-corrected chi connectivity index (χ0v) is 13.5. The number of benzene rings is 1. The van der Waals surface area contributed by atoms with Gasteiger partial charge >= 0.3 is 7.12 Å². The summed E-state index contributed by atoms with van der Waals surface area (Å²) in [6.45, 7) is 8.50. The van der Waals surface area contributed by atoms with Crippen LogP contribution in [0, 0.1) is 0 Å². The lowest BCUT2D eigenvalue weighted by Gasteiger charge is -2.32. The summed E-state index contributed by atoms with van der Waals surface area (Å²) >= 11 is 0. The Morgan fingerprint density at radius 1 is 1.19 bits per heavy atom. The van der Waals surface area contributed by atoms with E-state index in [-0.39, 0.29) is 11.2 Å². The van der Waals surface area contributed by atoms with Crippen molar-refractivity contribution in [1.29, 1.82) is 0 Å². The quantitative estimate of drug-likeness (QED) is 0.866. The van der Waals surface area contributed by atoms with Gasteiger partial charge in [-0.25, -0.2) is 0 Å². The summed E-state index contributed by atoms with van der Waals surface area (Å²) in [7, 11) is 1.23. The molecule has 1 saturated heterocycles. The van der Waals surface area contributed by atoms with Crippen molar-refractivity contribution < 1.29 is 14.0 Å². The largest absolute Gasteiger partial charge is 0.496 e. The molecule has 0 aliphatic carbocycles. The summed E-state index contributed by atoms with van der Waals surface area (Å²) in [6, 6.07) is 7.81. The Balaban J connectivity index is 2.31. The molecule has 1 aliphatic heterocycles. The van der Waals surface area contributed by atoms with Gasteiger partial charge in [0.25, 0.3) is 0 Å². The van der Waals surface area contributed by atoms with Gasteiger partial charge in [-0.05, 0) is 39.2 Å². The molecule has 5 heteroatoms. The zero-order valence-electron chi connectivity index (χ0n) is 13.5. The van der Waals surface area contributed by atoms with Gasteiger partial charge in [0.2, 0.25) is 0 Å². The molecule has 1 aromatic rings.